The van der Waals surface area contributed by atoms with E-state index in [2.05, 4.69) is 21.7 Å². The fourth-order valence-electron chi connectivity index (χ4n) is 2.99. The number of amides is 1. The third kappa shape index (κ3) is 3.84. The Morgan fingerprint density at radius 2 is 1.63 bits per heavy atom. The zero-order chi connectivity index (χ0) is 18.8. The number of hydrogen-bond donors (Lipinski definition) is 2. The normalized spacial score (nSPS) is 11.9. The van der Waals surface area contributed by atoms with Crippen molar-refractivity contribution in [1.29, 1.82) is 0 Å². The monoisotopic (exact) mass is 361 g/mol. The Bertz CT molecular complexity index is 980. The van der Waals surface area contributed by atoms with Crippen LogP contribution in [0.2, 0.25) is 0 Å². The first-order valence-corrected chi connectivity index (χ1v) is 8.59. The van der Waals surface area contributed by atoms with Gasteiger partial charge in [-0.2, -0.15) is 0 Å². The molecule has 1 aliphatic rings. The van der Waals surface area contributed by atoms with Crippen molar-refractivity contribution >= 4 is 23.0 Å². The lowest BCUT2D eigenvalue weighted by Gasteiger charge is -2.09. The summed E-state index contributed by atoms with van der Waals surface area (Å²) in [5.74, 6) is 1.20. The van der Waals surface area contributed by atoms with Crippen molar-refractivity contribution < 1.29 is 14.3 Å². The molecule has 0 atom stereocenters. The van der Waals surface area contributed by atoms with Crippen molar-refractivity contribution in [1.82, 2.24) is 4.98 Å². The van der Waals surface area contributed by atoms with Gasteiger partial charge in [0.05, 0.1) is 11.9 Å². The Balaban J connectivity index is 1.44. The Labute approximate surface area is 157 Å². The fraction of sp³-hybridized carbons (Fsp3) is 0.143. The van der Waals surface area contributed by atoms with Gasteiger partial charge in [0.25, 0.3) is 5.91 Å². The highest BCUT2D eigenvalue weighted by molar-refractivity contribution is 6.03. The van der Waals surface area contributed by atoms with E-state index in [0.29, 0.717) is 11.4 Å². The van der Waals surface area contributed by atoms with Crippen LogP contribution >= 0.6 is 0 Å². The molecule has 0 saturated heterocycles. The number of nitrogens with zero attached hydrogens (tertiary/aromatic N) is 1. The zero-order valence-electron chi connectivity index (χ0n) is 15.1. The summed E-state index contributed by atoms with van der Waals surface area (Å²) in [5.41, 5.74) is 4.95. The van der Waals surface area contributed by atoms with Crippen molar-refractivity contribution in [3.8, 4) is 11.5 Å². The summed E-state index contributed by atoms with van der Waals surface area (Å²) in [4.78, 5) is 16.7. The number of benzene rings is 2. The Morgan fingerprint density at radius 3 is 2.37 bits per heavy atom. The summed E-state index contributed by atoms with van der Waals surface area (Å²) in [7, 11) is 0. The molecule has 0 fully saturated rings. The molecule has 0 aliphatic carbocycles. The van der Waals surface area contributed by atoms with E-state index in [1.165, 1.54) is 0 Å². The standard InChI is InChI=1S/C21H19N3O3/c1-13-7-14(2)9-17(8-13)24-21(25)18-5-3-16(11-22-18)23-15-4-6-19-20(10-15)27-12-26-19/h3-11,23H,12H2,1-2H3,(H,24,25). The topological polar surface area (TPSA) is 72.5 Å². The molecule has 1 aromatic heterocycles. The second-order valence-corrected chi connectivity index (χ2v) is 6.46. The van der Waals surface area contributed by atoms with Crippen molar-refractivity contribution in [3.63, 3.8) is 0 Å². The Hall–Kier alpha value is -3.54. The highest BCUT2D eigenvalue weighted by atomic mass is 16.7. The first-order chi connectivity index (χ1) is 13.1. The first-order valence-electron chi connectivity index (χ1n) is 8.59. The van der Waals surface area contributed by atoms with Gasteiger partial charge in [0.15, 0.2) is 11.5 Å². The van der Waals surface area contributed by atoms with Crippen molar-refractivity contribution in [3.05, 3.63) is 71.5 Å². The van der Waals surface area contributed by atoms with Gasteiger partial charge in [-0.1, -0.05) is 6.07 Å². The predicted octanol–water partition coefficient (Wildman–Crippen LogP) is 4.42. The lowest BCUT2D eigenvalue weighted by Crippen LogP contribution is -2.13. The summed E-state index contributed by atoms with van der Waals surface area (Å²) in [5, 5.41) is 6.12. The van der Waals surface area contributed by atoms with Gasteiger partial charge in [0.1, 0.15) is 5.69 Å². The number of anilines is 3. The Kier molecular flexibility index (Phi) is 4.38. The summed E-state index contributed by atoms with van der Waals surface area (Å²) in [6.45, 7) is 4.24. The molecule has 0 saturated carbocycles. The molecule has 1 amide bonds. The van der Waals surface area contributed by atoms with E-state index in [1.807, 2.05) is 50.2 Å². The number of aromatic nitrogens is 1. The summed E-state index contributed by atoms with van der Waals surface area (Å²) in [6, 6.07) is 15.0. The smallest absolute Gasteiger partial charge is 0.274 e. The summed E-state index contributed by atoms with van der Waals surface area (Å²) < 4.78 is 10.7. The van der Waals surface area contributed by atoms with E-state index in [0.717, 1.165) is 33.9 Å². The van der Waals surface area contributed by atoms with Crippen LogP contribution in [0.25, 0.3) is 0 Å². The quantitative estimate of drug-likeness (QED) is 0.719. The van der Waals surface area contributed by atoms with Crippen LogP contribution in [0.3, 0.4) is 0 Å². The van der Waals surface area contributed by atoms with Crippen molar-refractivity contribution in [2.24, 2.45) is 0 Å². The van der Waals surface area contributed by atoms with E-state index in [1.54, 1.807) is 12.3 Å². The maximum absolute atomic E-state index is 12.4. The molecule has 0 radical (unpaired) electrons. The molecular formula is C21H19N3O3. The van der Waals surface area contributed by atoms with E-state index in [-0.39, 0.29) is 12.7 Å². The molecule has 2 N–H and O–H groups in total. The molecular weight excluding hydrogens is 342 g/mol. The minimum absolute atomic E-state index is 0.241. The summed E-state index contributed by atoms with van der Waals surface area (Å²) in [6.07, 6.45) is 1.63. The molecule has 0 bridgehead atoms. The van der Waals surface area contributed by atoms with Gasteiger partial charge in [0, 0.05) is 17.4 Å². The van der Waals surface area contributed by atoms with Crippen molar-refractivity contribution in [2.75, 3.05) is 17.4 Å². The molecule has 0 unspecified atom stereocenters. The number of ether oxygens (including phenoxy) is 2. The molecule has 27 heavy (non-hydrogen) atoms. The van der Waals surface area contributed by atoms with Crippen LogP contribution in [0.4, 0.5) is 17.1 Å². The molecule has 6 heteroatoms. The average molecular weight is 361 g/mol. The lowest BCUT2D eigenvalue weighted by molar-refractivity contribution is 0.102. The number of hydrogen-bond acceptors (Lipinski definition) is 5. The molecule has 6 nitrogen and oxygen atoms in total. The van der Waals surface area contributed by atoms with Crippen LogP contribution in [-0.2, 0) is 0 Å². The number of nitrogens with one attached hydrogen (secondary N) is 2. The maximum atomic E-state index is 12.4. The maximum Gasteiger partial charge on any atom is 0.274 e. The van der Waals surface area contributed by atoms with Crippen LogP contribution in [0.1, 0.15) is 21.6 Å². The average Bonchev–Trinajstić information content (AvgIpc) is 3.09. The minimum Gasteiger partial charge on any atom is -0.454 e. The molecule has 3 aromatic rings. The second-order valence-electron chi connectivity index (χ2n) is 6.46. The van der Waals surface area contributed by atoms with Crippen LogP contribution in [0.5, 0.6) is 11.5 Å². The van der Waals surface area contributed by atoms with Crippen LogP contribution in [-0.4, -0.2) is 17.7 Å². The molecule has 136 valence electrons. The van der Waals surface area contributed by atoms with E-state index in [4.69, 9.17) is 9.47 Å². The third-order valence-corrected chi connectivity index (χ3v) is 4.14. The number of carbonyl (C=O) groups is 1. The molecule has 1 aliphatic heterocycles. The molecule has 0 spiro atoms. The van der Waals surface area contributed by atoms with Gasteiger partial charge in [-0.05, 0) is 61.4 Å². The van der Waals surface area contributed by atoms with E-state index >= 15 is 0 Å². The molecule has 2 aromatic carbocycles. The van der Waals surface area contributed by atoms with Gasteiger partial charge in [-0.25, -0.2) is 4.98 Å². The lowest BCUT2D eigenvalue weighted by atomic mass is 10.1. The predicted molar refractivity (Wildman–Crippen MR) is 104 cm³/mol. The number of rotatable bonds is 4. The van der Waals surface area contributed by atoms with Crippen molar-refractivity contribution in [2.45, 2.75) is 13.8 Å². The highest BCUT2D eigenvalue weighted by Crippen LogP contribution is 2.35. The SMILES string of the molecule is Cc1cc(C)cc(NC(=O)c2ccc(Nc3ccc4c(c3)OCO4)cn2)c1. The number of aryl methyl sites for hydroxylation is 2. The van der Waals surface area contributed by atoms with Crippen LogP contribution < -0.4 is 20.1 Å². The second kappa shape index (κ2) is 6.99. The van der Waals surface area contributed by atoms with Gasteiger partial charge < -0.3 is 20.1 Å². The zero-order valence-corrected chi connectivity index (χ0v) is 15.1. The highest BCUT2D eigenvalue weighted by Gasteiger charge is 2.13. The van der Waals surface area contributed by atoms with Gasteiger partial charge in [0.2, 0.25) is 6.79 Å². The van der Waals surface area contributed by atoms with Gasteiger partial charge in [-0.3, -0.25) is 4.79 Å². The van der Waals surface area contributed by atoms with E-state index in [9.17, 15) is 4.79 Å². The first kappa shape index (κ1) is 16.9. The molecule has 4 rings (SSSR count). The number of fused-ring (bicyclic) bond motifs is 1. The van der Waals surface area contributed by atoms with E-state index < -0.39 is 0 Å². The van der Waals surface area contributed by atoms with Crippen LogP contribution in [0, 0.1) is 13.8 Å². The number of pyridine rings is 1. The van der Waals surface area contributed by atoms with Crippen LogP contribution in [0.15, 0.2) is 54.7 Å². The summed E-state index contributed by atoms with van der Waals surface area (Å²) >= 11 is 0. The minimum atomic E-state index is -0.241. The Morgan fingerprint density at radius 1 is 0.889 bits per heavy atom. The largest absolute Gasteiger partial charge is 0.454 e. The van der Waals surface area contributed by atoms with Gasteiger partial charge in [-0.15, -0.1) is 0 Å². The third-order valence-electron chi connectivity index (χ3n) is 4.14. The fourth-order valence-corrected chi connectivity index (χ4v) is 2.99. The van der Waals surface area contributed by atoms with Gasteiger partial charge >= 0.3 is 0 Å². The number of carbonyl (C=O) groups excluding carboxylic acids is 1. The molecule has 2 heterocycles.